The van der Waals surface area contributed by atoms with Crippen LogP contribution in [0.1, 0.15) is 0 Å². The first kappa shape index (κ1) is 35.5. The van der Waals surface area contributed by atoms with E-state index in [1.165, 1.54) is 16.5 Å². The topological polar surface area (TPSA) is 56.7 Å². The molecular weight excluding hydrogens is 757 g/mol. The van der Waals surface area contributed by atoms with Gasteiger partial charge in [0, 0.05) is 43.9 Å². The van der Waals surface area contributed by atoms with Crippen LogP contribution in [0.3, 0.4) is 0 Å². The molecule has 0 N–H and O–H groups in total. The molecule has 0 amide bonds. The molecule has 9 aromatic carbocycles. The molecule has 5 nitrogen and oxygen atoms in total. The number of fused-ring (bicyclic) bond motifs is 6. The third-order valence-electron chi connectivity index (χ3n) is 11.9. The smallest absolute Gasteiger partial charge is 0.164 e. The number of hydrogen-bond acceptors (Lipinski definition) is 4. The van der Waals surface area contributed by atoms with E-state index in [9.17, 15) is 0 Å². The second kappa shape index (κ2) is 14.7. The molecule has 0 saturated heterocycles. The summed E-state index contributed by atoms with van der Waals surface area (Å²) in [5.74, 6) is 1.79. The van der Waals surface area contributed by atoms with E-state index in [0.717, 1.165) is 83.0 Å². The second-order valence-corrected chi connectivity index (χ2v) is 15.6. The van der Waals surface area contributed by atoms with Crippen molar-refractivity contribution >= 4 is 43.7 Å². The van der Waals surface area contributed by atoms with E-state index in [-0.39, 0.29) is 0 Å². The van der Waals surface area contributed by atoms with E-state index in [1.807, 2.05) is 12.1 Å². The molecule has 0 aliphatic carbocycles. The molecule has 62 heavy (non-hydrogen) atoms. The van der Waals surface area contributed by atoms with Gasteiger partial charge in [0.2, 0.25) is 0 Å². The highest BCUT2D eigenvalue weighted by atomic mass is 16.3. The van der Waals surface area contributed by atoms with E-state index < -0.39 is 0 Å². The van der Waals surface area contributed by atoms with Crippen LogP contribution >= 0.6 is 0 Å². The molecule has 3 aromatic heterocycles. The van der Waals surface area contributed by atoms with Crippen LogP contribution in [0.15, 0.2) is 223 Å². The van der Waals surface area contributed by atoms with Crippen molar-refractivity contribution in [1.82, 2.24) is 19.5 Å². The largest absolute Gasteiger partial charge is 0.456 e. The number of benzene rings is 9. The lowest BCUT2D eigenvalue weighted by molar-refractivity contribution is 0.669. The van der Waals surface area contributed by atoms with Gasteiger partial charge >= 0.3 is 0 Å². The average Bonchev–Trinajstić information content (AvgIpc) is 3.88. The summed E-state index contributed by atoms with van der Waals surface area (Å²) in [4.78, 5) is 15.3. The number of nitrogens with zero attached hydrogens (tertiary/aromatic N) is 4. The maximum atomic E-state index is 6.72. The second-order valence-electron chi connectivity index (χ2n) is 15.6. The van der Waals surface area contributed by atoms with Gasteiger partial charge in [0.15, 0.2) is 17.5 Å². The van der Waals surface area contributed by atoms with E-state index in [2.05, 4.69) is 211 Å². The van der Waals surface area contributed by atoms with Gasteiger partial charge in [0.25, 0.3) is 0 Å². The summed E-state index contributed by atoms with van der Waals surface area (Å²) < 4.78 is 9.09. The maximum absolute atomic E-state index is 6.72. The van der Waals surface area contributed by atoms with Gasteiger partial charge in [-0.3, -0.25) is 0 Å². The Morgan fingerprint density at radius 2 is 0.742 bits per heavy atom. The summed E-state index contributed by atoms with van der Waals surface area (Å²) in [5.41, 5.74) is 14.6. The minimum absolute atomic E-state index is 0.576. The van der Waals surface area contributed by atoms with Gasteiger partial charge in [0.1, 0.15) is 11.2 Å². The van der Waals surface area contributed by atoms with Crippen LogP contribution in [0.2, 0.25) is 0 Å². The zero-order valence-electron chi connectivity index (χ0n) is 33.5. The van der Waals surface area contributed by atoms with Gasteiger partial charge in [-0.15, -0.1) is 0 Å². The van der Waals surface area contributed by atoms with Crippen molar-refractivity contribution in [1.29, 1.82) is 0 Å². The molecule has 0 unspecified atom stereocenters. The number of aromatic nitrogens is 4. The molecular formula is C57H36N4O. The van der Waals surface area contributed by atoms with Crippen molar-refractivity contribution in [3.8, 4) is 73.2 Å². The highest BCUT2D eigenvalue weighted by Crippen LogP contribution is 2.40. The van der Waals surface area contributed by atoms with Crippen LogP contribution in [0.5, 0.6) is 0 Å². The van der Waals surface area contributed by atoms with Crippen molar-refractivity contribution in [3.05, 3.63) is 218 Å². The highest BCUT2D eigenvalue weighted by molar-refractivity contribution is 6.17. The zero-order valence-corrected chi connectivity index (χ0v) is 33.5. The van der Waals surface area contributed by atoms with Crippen molar-refractivity contribution in [2.45, 2.75) is 0 Å². The Bertz CT molecular complexity index is 3490. The van der Waals surface area contributed by atoms with E-state index in [4.69, 9.17) is 19.4 Å². The minimum atomic E-state index is 0.576. The van der Waals surface area contributed by atoms with E-state index >= 15 is 0 Å². The molecule has 0 radical (unpaired) electrons. The van der Waals surface area contributed by atoms with Crippen LogP contribution in [-0.4, -0.2) is 19.5 Å². The number of rotatable bonds is 7. The first-order valence-electron chi connectivity index (χ1n) is 20.8. The first-order chi connectivity index (χ1) is 30.7. The normalized spacial score (nSPS) is 11.5. The van der Waals surface area contributed by atoms with Gasteiger partial charge in [-0.25, -0.2) is 15.0 Å². The van der Waals surface area contributed by atoms with Gasteiger partial charge in [-0.05, 0) is 75.8 Å². The molecule has 0 saturated carbocycles. The zero-order chi connectivity index (χ0) is 41.0. The summed E-state index contributed by atoms with van der Waals surface area (Å²) >= 11 is 0. The van der Waals surface area contributed by atoms with Crippen LogP contribution in [0, 0.1) is 0 Å². The maximum Gasteiger partial charge on any atom is 0.164 e. The quantitative estimate of drug-likeness (QED) is 0.161. The van der Waals surface area contributed by atoms with Crippen LogP contribution in [0.25, 0.3) is 117 Å². The highest BCUT2D eigenvalue weighted by Gasteiger charge is 2.19. The van der Waals surface area contributed by atoms with Gasteiger partial charge in [-0.1, -0.05) is 176 Å². The molecule has 12 aromatic rings. The van der Waals surface area contributed by atoms with Crippen molar-refractivity contribution in [2.75, 3.05) is 0 Å². The van der Waals surface area contributed by atoms with Gasteiger partial charge in [-0.2, -0.15) is 0 Å². The summed E-state index contributed by atoms with van der Waals surface area (Å²) in [5, 5.41) is 4.40. The Morgan fingerprint density at radius 1 is 0.274 bits per heavy atom. The molecule has 3 heterocycles. The Kier molecular flexibility index (Phi) is 8.42. The predicted octanol–water partition coefficient (Wildman–Crippen LogP) is 14.9. The molecule has 290 valence electrons. The third kappa shape index (κ3) is 6.23. The van der Waals surface area contributed by atoms with Crippen molar-refractivity contribution < 1.29 is 4.42 Å². The van der Waals surface area contributed by atoms with E-state index in [0.29, 0.717) is 17.5 Å². The first-order valence-corrected chi connectivity index (χ1v) is 20.8. The standard InChI is InChI=1S/C57H36N4O/c1-4-13-37(14-5-1)40-23-27-42(28-24-40)55-58-56(43-29-25-41(26-30-43)38-15-6-2-7-16-38)60-57(59-55)45-31-32-48-50-35-52-49(36-54(50)62-53(48)34-45)47-21-10-11-22-51(47)61(52)46-20-12-19-44(33-46)39-17-8-3-9-18-39/h1-36H. The SMILES string of the molecule is c1ccc(-c2ccc(-c3nc(-c4ccc(-c5ccccc5)cc4)nc(-c4ccc5c(c4)oc4cc6c7ccccc7n(-c7cccc(-c8ccccc8)c7)c6cc45)n3)cc2)cc1. The molecule has 0 aliphatic heterocycles. The summed E-state index contributed by atoms with van der Waals surface area (Å²) in [6.45, 7) is 0. The van der Waals surface area contributed by atoms with Crippen LogP contribution in [-0.2, 0) is 0 Å². The summed E-state index contributed by atoms with van der Waals surface area (Å²) in [6.07, 6.45) is 0. The van der Waals surface area contributed by atoms with Crippen LogP contribution < -0.4 is 0 Å². The molecule has 12 rings (SSSR count). The summed E-state index contributed by atoms with van der Waals surface area (Å²) in [7, 11) is 0. The molecule has 0 fully saturated rings. The average molecular weight is 793 g/mol. The van der Waals surface area contributed by atoms with Crippen molar-refractivity contribution in [3.63, 3.8) is 0 Å². The molecule has 0 aliphatic rings. The lowest BCUT2D eigenvalue weighted by atomic mass is 10.0. The molecule has 0 bridgehead atoms. The minimum Gasteiger partial charge on any atom is -0.456 e. The number of furan rings is 1. The van der Waals surface area contributed by atoms with Crippen LogP contribution in [0.4, 0.5) is 0 Å². The molecule has 0 atom stereocenters. The van der Waals surface area contributed by atoms with E-state index in [1.54, 1.807) is 0 Å². The van der Waals surface area contributed by atoms with Gasteiger partial charge in [0.05, 0.1) is 11.0 Å². The monoisotopic (exact) mass is 792 g/mol. The Labute approximate surface area is 357 Å². The predicted molar refractivity (Wildman–Crippen MR) is 254 cm³/mol. The Morgan fingerprint density at radius 3 is 1.35 bits per heavy atom. The molecule has 0 spiro atoms. The number of para-hydroxylation sites is 1. The summed E-state index contributed by atoms with van der Waals surface area (Å²) in [6, 6.07) is 76.3. The van der Waals surface area contributed by atoms with Crippen molar-refractivity contribution in [2.24, 2.45) is 0 Å². The fourth-order valence-corrected chi connectivity index (χ4v) is 8.76. The Hall–Kier alpha value is -8.41. The lowest BCUT2D eigenvalue weighted by Gasteiger charge is -2.10. The third-order valence-corrected chi connectivity index (χ3v) is 11.9. The number of hydrogen-bond donors (Lipinski definition) is 0. The fourth-order valence-electron chi connectivity index (χ4n) is 8.76. The van der Waals surface area contributed by atoms with Gasteiger partial charge < -0.3 is 8.98 Å². The molecule has 5 heteroatoms. The fraction of sp³-hybridized carbons (Fsp3) is 0. The lowest BCUT2D eigenvalue weighted by Crippen LogP contribution is -2.00. The Balaban J connectivity index is 0.982.